The zero-order chi connectivity index (χ0) is 39.4. The summed E-state index contributed by atoms with van der Waals surface area (Å²) in [5.74, 6) is 0.507. The fourth-order valence-corrected chi connectivity index (χ4v) is 7.10. The van der Waals surface area contributed by atoms with Gasteiger partial charge in [-0.1, -0.05) is 42.5 Å². The Bertz CT molecular complexity index is 2220. The average Bonchev–Trinajstić information content (AvgIpc) is 3.86. The van der Waals surface area contributed by atoms with E-state index in [2.05, 4.69) is 38.6 Å². The monoisotopic (exact) mass is 774 g/mol. The molecular formula is C45H50N4O8. The molecule has 2 fully saturated rings. The number of carboxylic acid groups (broad SMARTS) is 1. The van der Waals surface area contributed by atoms with E-state index in [0.717, 1.165) is 99.0 Å². The van der Waals surface area contributed by atoms with Crippen LogP contribution in [0.15, 0.2) is 109 Å². The molecule has 8 rings (SSSR count). The lowest BCUT2D eigenvalue weighted by molar-refractivity contribution is 0.0341. The van der Waals surface area contributed by atoms with Gasteiger partial charge in [0.1, 0.15) is 31.3 Å². The van der Waals surface area contributed by atoms with Gasteiger partial charge in [0, 0.05) is 68.3 Å². The quantitative estimate of drug-likeness (QED) is 0.120. The van der Waals surface area contributed by atoms with Crippen molar-refractivity contribution < 1.29 is 38.7 Å². The molecule has 12 nitrogen and oxygen atoms in total. The Morgan fingerprint density at radius 3 is 1.46 bits per heavy atom. The highest BCUT2D eigenvalue weighted by atomic mass is 16.5. The number of benzene rings is 4. The number of ketones is 1. The largest absolute Gasteiger partial charge is 0.492 e. The summed E-state index contributed by atoms with van der Waals surface area (Å²) in [6, 6.07) is 31.1. The second-order valence-corrected chi connectivity index (χ2v) is 14.2. The first-order chi connectivity index (χ1) is 27.9. The second kappa shape index (κ2) is 19.6. The number of aromatic carboxylic acids is 1. The highest BCUT2D eigenvalue weighted by molar-refractivity contribution is 6.00. The molecule has 298 valence electrons. The number of hydrogen-bond acceptors (Lipinski definition) is 9. The molecule has 57 heavy (non-hydrogen) atoms. The minimum absolute atomic E-state index is 0.270. The van der Waals surface area contributed by atoms with Gasteiger partial charge in [0.2, 0.25) is 0 Å². The standard InChI is InChI=1S/C23H26N2O4.C22H24N2O4/c26-17-23(27)20-4-3-19-7-8-25(22(19)15-20)11-14-29-21-5-1-18(2-6-21)16-24-9-12-28-13-10-24;25-22(26)19-4-3-18-7-8-24(21(18)15-19)11-14-28-20-5-1-17(2-6-20)16-23-9-12-27-13-10-23/h1-8,15,26H,9-14,16-17H2;1-8,15H,9-14,16H2,(H,25,26). The maximum atomic E-state index is 11.7. The van der Waals surface area contributed by atoms with Gasteiger partial charge in [-0.2, -0.15) is 0 Å². The molecule has 0 atom stereocenters. The van der Waals surface area contributed by atoms with E-state index >= 15 is 0 Å². The van der Waals surface area contributed by atoms with Gasteiger partial charge in [-0.15, -0.1) is 0 Å². The van der Waals surface area contributed by atoms with Crippen LogP contribution in [-0.2, 0) is 35.7 Å². The summed E-state index contributed by atoms with van der Waals surface area (Å²) in [5, 5.41) is 20.3. The number of aromatic nitrogens is 2. The molecule has 12 heteroatoms. The Morgan fingerprint density at radius 2 is 1.02 bits per heavy atom. The fourth-order valence-electron chi connectivity index (χ4n) is 7.10. The number of Topliss-reactive ketones (excluding diaryl/α,β-unsaturated/α-hetero) is 1. The lowest BCUT2D eigenvalue weighted by Crippen LogP contribution is -2.35. The normalized spacial score (nSPS) is 15.0. The highest BCUT2D eigenvalue weighted by Crippen LogP contribution is 2.21. The Labute approximate surface area is 332 Å². The van der Waals surface area contributed by atoms with Gasteiger partial charge in [0.05, 0.1) is 45.1 Å². The number of aliphatic hydroxyl groups is 1. The van der Waals surface area contributed by atoms with Crippen molar-refractivity contribution in [3.63, 3.8) is 0 Å². The number of ether oxygens (including phenoxy) is 4. The van der Waals surface area contributed by atoms with E-state index in [-0.39, 0.29) is 5.78 Å². The molecule has 0 unspecified atom stereocenters. The third-order valence-electron chi connectivity index (χ3n) is 10.3. The Balaban J connectivity index is 0.000000174. The van der Waals surface area contributed by atoms with Gasteiger partial charge in [0.25, 0.3) is 0 Å². The molecule has 2 aliphatic heterocycles. The van der Waals surface area contributed by atoms with Crippen LogP contribution in [0.5, 0.6) is 11.5 Å². The first kappa shape index (κ1) is 39.7. The molecule has 6 aromatic rings. The van der Waals surface area contributed by atoms with Crippen molar-refractivity contribution in [1.82, 2.24) is 18.9 Å². The van der Waals surface area contributed by atoms with Crippen LogP contribution in [0, 0.1) is 0 Å². The summed E-state index contributed by atoms with van der Waals surface area (Å²) in [7, 11) is 0. The summed E-state index contributed by atoms with van der Waals surface area (Å²) in [4.78, 5) is 27.7. The molecule has 4 heterocycles. The van der Waals surface area contributed by atoms with Crippen molar-refractivity contribution in [3.05, 3.63) is 132 Å². The average molecular weight is 775 g/mol. The van der Waals surface area contributed by atoms with E-state index in [9.17, 15) is 14.7 Å². The number of carbonyl (C=O) groups is 2. The molecule has 0 spiro atoms. The third kappa shape index (κ3) is 10.9. The van der Waals surface area contributed by atoms with E-state index in [4.69, 9.17) is 24.1 Å². The zero-order valence-electron chi connectivity index (χ0n) is 32.1. The summed E-state index contributed by atoms with van der Waals surface area (Å²) in [6.07, 6.45) is 3.96. The van der Waals surface area contributed by atoms with Crippen LogP contribution in [0.1, 0.15) is 31.8 Å². The number of hydrogen-bond donors (Lipinski definition) is 2. The highest BCUT2D eigenvalue weighted by Gasteiger charge is 2.13. The van der Waals surface area contributed by atoms with Crippen LogP contribution in [-0.4, -0.2) is 113 Å². The third-order valence-corrected chi connectivity index (χ3v) is 10.3. The van der Waals surface area contributed by atoms with Crippen LogP contribution in [0.25, 0.3) is 21.8 Å². The van der Waals surface area contributed by atoms with E-state index in [0.29, 0.717) is 37.4 Å². The van der Waals surface area contributed by atoms with Crippen molar-refractivity contribution in [2.75, 3.05) is 72.4 Å². The van der Waals surface area contributed by atoms with Gasteiger partial charge in [-0.05, 0) is 76.5 Å². The van der Waals surface area contributed by atoms with Crippen molar-refractivity contribution in [1.29, 1.82) is 0 Å². The Kier molecular flexibility index (Phi) is 13.6. The van der Waals surface area contributed by atoms with Gasteiger partial charge in [-0.3, -0.25) is 14.6 Å². The lowest BCUT2D eigenvalue weighted by Gasteiger charge is -2.26. The molecule has 0 bridgehead atoms. The summed E-state index contributed by atoms with van der Waals surface area (Å²) in [5.41, 5.74) is 5.24. The molecule has 0 aliphatic carbocycles. The van der Waals surface area contributed by atoms with Crippen LogP contribution >= 0.6 is 0 Å². The summed E-state index contributed by atoms with van der Waals surface area (Å²) < 4.78 is 26.7. The van der Waals surface area contributed by atoms with Gasteiger partial charge in [0.15, 0.2) is 5.78 Å². The molecule has 2 aliphatic rings. The number of nitrogens with zero attached hydrogens (tertiary/aromatic N) is 4. The SMILES string of the molecule is O=C(CO)c1ccc2ccn(CCOc3ccc(CN4CCOCC4)cc3)c2c1.O=C(O)c1ccc2ccn(CCOc3ccc(CN4CCOCC4)cc3)c2c1. The van der Waals surface area contributed by atoms with Gasteiger partial charge < -0.3 is 38.3 Å². The van der Waals surface area contributed by atoms with Crippen molar-refractivity contribution in [3.8, 4) is 11.5 Å². The number of carbonyl (C=O) groups excluding carboxylic acids is 1. The molecule has 4 aromatic carbocycles. The second-order valence-electron chi connectivity index (χ2n) is 14.2. The molecule has 2 aromatic heterocycles. The smallest absolute Gasteiger partial charge is 0.335 e. The van der Waals surface area contributed by atoms with Gasteiger partial charge in [-0.25, -0.2) is 4.79 Å². The number of carboxylic acids is 1. The summed E-state index contributed by atoms with van der Waals surface area (Å²) >= 11 is 0. The first-order valence-electron chi connectivity index (χ1n) is 19.5. The minimum atomic E-state index is -0.914. The Morgan fingerprint density at radius 1 is 0.579 bits per heavy atom. The maximum absolute atomic E-state index is 11.7. The van der Waals surface area contributed by atoms with Crippen LogP contribution < -0.4 is 9.47 Å². The molecule has 0 saturated carbocycles. The van der Waals surface area contributed by atoms with E-state index in [1.54, 1.807) is 18.2 Å². The van der Waals surface area contributed by atoms with Crippen molar-refractivity contribution in [2.24, 2.45) is 0 Å². The predicted octanol–water partition coefficient (Wildman–Crippen LogP) is 5.98. The van der Waals surface area contributed by atoms with Crippen molar-refractivity contribution >= 4 is 33.6 Å². The zero-order valence-corrected chi connectivity index (χ0v) is 32.1. The molecule has 0 amide bonds. The molecule has 2 saturated heterocycles. The maximum Gasteiger partial charge on any atom is 0.335 e. The molecule has 2 N–H and O–H groups in total. The fraction of sp³-hybridized carbons (Fsp3) is 0.333. The van der Waals surface area contributed by atoms with E-state index in [1.807, 2.05) is 71.6 Å². The molecule has 0 radical (unpaired) electrons. The van der Waals surface area contributed by atoms with Crippen LogP contribution in [0.3, 0.4) is 0 Å². The Hall–Kier alpha value is -5.50. The van der Waals surface area contributed by atoms with Gasteiger partial charge >= 0.3 is 5.97 Å². The van der Waals surface area contributed by atoms with Crippen molar-refractivity contribution in [2.45, 2.75) is 26.2 Å². The predicted molar refractivity (Wildman–Crippen MR) is 218 cm³/mol. The topological polar surface area (TPSA) is 128 Å². The van der Waals surface area contributed by atoms with Crippen LogP contribution in [0.2, 0.25) is 0 Å². The molecular weight excluding hydrogens is 725 g/mol. The number of aliphatic hydroxyl groups excluding tert-OH is 1. The van der Waals surface area contributed by atoms with Crippen LogP contribution in [0.4, 0.5) is 0 Å². The first-order valence-corrected chi connectivity index (χ1v) is 19.5. The van der Waals surface area contributed by atoms with E-state index < -0.39 is 12.6 Å². The van der Waals surface area contributed by atoms with E-state index in [1.165, 1.54) is 11.1 Å². The lowest BCUT2D eigenvalue weighted by atomic mass is 10.1. The number of morpholine rings is 2. The number of fused-ring (bicyclic) bond motifs is 2. The minimum Gasteiger partial charge on any atom is -0.492 e. The summed E-state index contributed by atoms with van der Waals surface area (Å²) in [6.45, 7) is 10.9. The number of rotatable bonds is 15.